The number of para-hydroxylation sites is 3. The van der Waals surface area contributed by atoms with Crippen molar-refractivity contribution in [2.24, 2.45) is 0 Å². The predicted octanol–water partition coefficient (Wildman–Crippen LogP) is 12.4. The molecule has 2 aliphatic heterocycles. The zero-order chi connectivity index (χ0) is 37.7. The maximum Gasteiger partial charge on any atom is 0.171 e. The van der Waals surface area contributed by atoms with Crippen molar-refractivity contribution in [2.45, 2.75) is 5.41 Å². The maximum absolute atomic E-state index is 16.6. The molecule has 0 saturated heterocycles. The van der Waals surface area contributed by atoms with Crippen LogP contribution in [0.25, 0.3) is 42.2 Å². The standard InChI is InChI=1S/C52H33N2OPS/c55-56(36-17-5-2-6-18-36)48-25-13-10-22-43(48)52(44-32-40-39-20-8-14-26-50(39)57-51(40)33-49(44)56)41-21-9-12-24-46(41)54(35-15-3-1-4-16-35)47-31-34(27-28-42(47)52)37-29-30-53-45-23-11-7-19-38(37)45/h1-33H. The van der Waals surface area contributed by atoms with E-state index < -0.39 is 12.6 Å². The molecule has 3 nitrogen and oxygen atoms in total. The molecule has 1 spiro atoms. The molecule has 0 radical (unpaired) electrons. The SMILES string of the molecule is O=P1(c2ccccc2)c2ccccc2C2(c3ccccc3N(c3ccccc3)c3cc(-c4ccnc5ccccc45)ccc32)c2cc3c(cc21)sc1ccccc13. The summed E-state index contributed by atoms with van der Waals surface area (Å²) >= 11 is 1.78. The fraction of sp³-hybridized carbons (Fsp3) is 0.0192. The third-order valence-electron chi connectivity index (χ3n) is 12.2. The zero-order valence-corrected chi connectivity index (χ0v) is 32.4. The van der Waals surface area contributed by atoms with Crippen LogP contribution < -0.4 is 20.8 Å². The van der Waals surface area contributed by atoms with E-state index in [-0.39, 0.29) is 0 Å². The van der Waals surface area contributed by atoms with Gasteiger partial charge in [0.05, 0.1) is 22.3 Å². The van der Waals surface area contributed by atoms with Gasteiger partial charge in [0.1, 0.15) is 0 Å². The van der Waals surface area contributed by atoms with Crippen LogP contribution in [0.4, 0.5) is 17.1 Å². The second-order valence-electron chi connectivity index (χ2n) is 15.0. The largest absolute Gasteiger partial charge is 0.310 e. The first-order chi connectivity index (χ1) is 28.2. The third-order valence-corrected chi connectivity index (χ3v) is 16.4. The average molecular weight is 765 g/mol. The number of fused-ring (bicyclic) bond motifs is 12. The van der Waals surface area contributed by atoms with Crippen molar-refractivity contribution < 1.29 is 4.57 Å². The molecule has 0 amide bonds. The van der Waals surface area contributed by atoms with Gasteiger partial charge in [0.2, 0.25) is 0 Å². The molecule has 5 heteroatoms. The number of pyridine rings is 1. The molecule has 0 saturated carbocycles. The lowest BCUT2D eigenvalue weighted by Crippen LogP contribution is -2.49. The molecule has 2 aromatic heterocycles. The predicted molar refractivity (Wildman–Crippen MR) is 240 cm³/mol. The van der Waals surface area contributed by atoms with E-state index in [0.717, 1.165) is 82.0 Å². The van der Waals surface area contributed by atoms with Gasteiger partial charge < -0.3 is 9.46 Å². The van der Waals surface area contributed by atoms with E-state index in [1.807, 2.05) is 30.5 Å². The van der Waals surface area contributed by atoms with Gasteiger partial charge in [0.25, 0.3) is 0 Å². The molecule has 57 heavy (non-hydrogen) atoms. The minimum absolute atomic E-state index is 0.804. The number of hydrogen-bond donors (Lipinski definition) is 0. The van der Waals surface area contributed by atoms with Gasteiger partial charge >= 0.3 is 0 Å². The summed E-state index contributed by atoms with van der Waals surface area (Å²) in [5, 5.41) is 6.17. The monoisotopic (exact) mass is 764 g/mol. The van der Waals surface area contributed by atoms with Gasteiger partial charge in [0.15, 0.2) is 7.14 Å². The summed E-state index contributed by atoms with van der Waals surface area (Å²) < 4.78 is 19.0. The molecule has 2 aliphatic rings. The Hall–Kier alpha value is -6.58. The van der Waals surface area contributed by atoms with Crippen molar-refractivity contribution in [3.05, 3.63) is 223 Å². The molecule has 0 fully saturated rings. The van der Waals surface area contributed by atoms with Crippen LogP contribution in [0.2, 0.25) is 0 Å². The lowest BCUT2D eigenvalue weighted by atomic mass is 9.61. The zero-order valence-electron chi connectivity index (χ0n) is 30.7. The van der Waals surface area contributed by atoms with Crippen LogP contribution in [-0.2, 0) is 9.98 Å². The molecular weight excluding hydrogens is 732 g/mol. The Morgan fingerprint density at radius 3 is 2.04 bits per heavy atom. The highest BCUT2D eigenvalue weighted by Gasteiger charge is 2.55. The van der Waals surface area contributed by atoms with E-state index in [2.05, 4.69) is 175 Å². The van der Waals surface area contributed by atoms with Crippen LogP contribution >= 0.6 is 18.5 Å². The Morgan fingerprint density at radius 2 is 1.18 bits per heavy atom. The fourth-order valence-electron chi connectivity index (χ4n) is 9.82. The molecule has 2 atom stereocenters. The van der Waals surface area contributed by atoms with Crippen LogP contribution in [0, 0.1) is 0 Å². The van der Waals surface area contributed by atoms with Crippen molar-refractivity contribution in [2.75, 3.05) is 4.90 Å². The minimum Gasteiger partial charge on any atom is -0.310 e. The summed E-state index contributed by atoms with van der Waals surface area (Å²) in [7, 11) is -3.38. The molecule has 4 heterocycles. The maximum atomic E-state index is 16.6. The summed E-state index contributed by atoms with van der Waals surface area (Å²) in [5.41, 5.74) is 10.1. The molecule has 0 bridgehead atoms. The molecule has 8 aromatic carbocycles. The van der Waals surface area contributed by atoms with Gasteiger partial charge in [-0.3, -0.25) is 4.98 Å². The first kappa shape index (κ1) is 32.6. The minimum atomic E-state index is -3.38. The van der Waals surface area contributed by atoms with Crippen molar-refractivity contribution in [3.8, 4) is 11.1 Å². The topological polar surface area (TPSA) is 33.2 Å². The molecule has 10 aromatic rings. The van der Waals surface area contributed by atoms with E-state index in [1.165, 1.54) is 15.5 Å². The van der Waals surface area contributed by atoms with Gasteiger partial charge in [-0.15, -0.1) is 11.3 Å². The van der Waals surface area contributed by atoms with Crippen LogP contribution in [0.15, 0.2) is 200 Å². The molecule has 12 rings (SSSR count). The summed E-state index contributed by atoms with van der Waals surface area (Å²) in [6.45, 7) is 0. The van der Waals surface area contributed by atoms with Crippen LogP contribution in [0.1, 0.15) is 22.3 Å². The highest BCUT2D eigenvalue weighted by Crippen LogP contribution is 2.63. The van der Waals surface area contributed by atoms with Gasteiger partial charge in [0, 0.05) is 53.4 Å². The number of aromatic nitrogens is 1. The van der Waals surface area contributed by atoms with E-state index in [0.29, 0.717) is 0 Å². The fourth-order valence-corrected chi connectivity index (χ4v) is 14.2. The Morgan fingerprint density at radius 1 is 0.491 bits per heavy atom. The normalized spacial score (nSPS) is 18.0. The highest BCUT2D eigenvalue weighted by atomic mass is 32.1. The van der Waals surface area contributed by atoms with Crippen molar-refractivity contribution in [1.29, 1.82) is 0 Å². The first-order valence-electron chi connectivity index (χ1n) is 19.3. The number of rotatable bonds is 3. The smallest absolute Gasteiger partial charge is 0.171 e. The molecular formula is C52H33N2OPS. The second kappa shape index (κ2) is 12.2. The molecule has 0 N–H and O–H groups in total. The summed E-state index contributed by atoms with van der Waals surface area (Å²) in [6, 6.07) is 69.1. The Balaban J connectivity index is 1.27. The summed E-state index contributed by atoms with van der Waals surface area (Å²) in [4.78, 5) is 7.14. The van der Waals surface area contributed by atoms with Crippen molar-refractivity contribution in [3.63, 3.8) is 0 Å². The van der Waals surface area contributed by atoms with E-state index in [4.69, 9.17) is 4.98 Å². The van der Waals surface area contributed by atoms with Crippen molar-refractivity contribution >= 4 is 82.5 Å². The highest BCUT2D eigenvalue weighted by molar-refractivity contribution is 7.85. The number of thiophene rings is 1. The lowest BCUT2D eigenvalue weighted by Gasteiger charge is -2.50. The molecule has 268 valence electrons. The summed E-state index contributed by atoms with van der Waals surface area (Å²) in [6.07, 6.45) is 1.91. The van der Waals surface area contributed by atoms with Crippen LogP contribution in [0.5, 0.6) is 0 Å². The second-order valence-corrected chi connectivity index (χ2v) is 18.8. The van der Waals surface area contributed by atoms with E-state index in [1.54, 1.807) is 11.3 Å². The summed E-state index contributed by atoms with van der Waals surface area (Å²) in [5.74, 6) is 0. The van der Waals surface area contributed by atoms with Gasteiger partial charge in [-0.05, 0) is 88.0 Å². The number of anilines is 3. The van der Waals surface area contributed by atoms with E-state index in [9.17, 15) is 0 Å². The lowest BCUT2D eigenvalue weighted by molar-refractivity contribution is 0.590. The first-order valence-corrected chi connectivity index (χ1v) is 21.8. The van der Waals surface area contributed by atoms with Crippen molar-refractivity contribution in [1.82, 2.24) is 4.98 Å². The van der Waals surface area contributed by atoms with Gasteiger partial charge in [-0.1, -0.05) is 140 Å². The average Bonchev–Trinajstić information content (AvgIpc) is 3.65. The number of nitrogens with zero attached hydrogens (tertiary/aromatic N) is 2. The molecule has 0 aliphatic carbocycles. The number of hydrogen-bond acceptors (Lipinski definition) is 4. The number of benzene rings is 8. The third kappa shape index (κ3) is 4.43. The van der Waals surface area contributed by atoms with Gasteiger partial charge in [-0.25, -0.2) is 0 Å². The van der Waals surface area contributed by atoms with Gasteiger partial charge in [-0.2, -0.15) is 0 Å². The Kier molecular flexibility index (Phi) is 6.99. The Bertz CT molecular complexity index is 3300. The molecule has 2 unspecified atom stereocenters. The quantitative estimate of drug-likeness (QED) is 0.168. The Labute approximate surface area is 334 Å². The van der Waals surface area contributed by atoms with Crippen LogP contribution in [-0.4, -0.2) is 4.98 Å². The van der Waals surface area contributed by atoms with E-state index >= 15 is 4.57 Å². The van der Waals surface area contributed by atoms with Crippen LogP contribution in [0.3, 0.4) is 0 Å².